The first-order valence-electron chi connectivity index (χ1n) is 13.0. The number of aromatic hydroxyl groups is 1. The number of halogens is 1. The average Bonchev–Trinajstić information content (AvgIpc) is 2.98. The number of carbonyl (C=O) groups excluding carboxylic acids is 2. The molecule has 4 aromatic rings. The number of nitrogens with one attached hydrogen (secondary N) is 2. The normalized spacial score (nSPS) is 11.8. The summed E-state index contributed by atoms with van der Waals surface area (Å²) in [6.07, 6.45) is 0.800. The van der Waals surface area contributed by atoms with Crippen molar-refractivity contribution in [3.63, 3.8) is 0 Å². The van der Waals surface area contributed by atoms with E-state index in [2.05, 4.69) is 31.8 Å². The minimum Gasteiger partial charge on any atom is -0.508 e. The molecule has 0 saturated heterocycles. The fraction of sp³-hybridized carbons (Fsp3) is 0.156. The van der Waals surface area contributed by atoms with E-state index in [0.717, 1.165) is 16.7 Å². The molecule has 4 aromatic carbocycles. The molecule has 0 saturated carbocycles. The third kappa shape index (κ3) is 8.50. The van der Waals surface area contributed by atoms with E-state index in [9.17, 15) is 19.8 Å². The van der Waals surface area contributed by atoms with E-state index in [0.29, 0.717) is 34.6 Å². The number of hydrazone groups is 1. The summed E-state index contributed by atoms with van der Waals surface area (Å²) < 4.78 is 5.87. The molecule has 0 aliphatic heterocycles. The van der Waals surface area contributed by atoms with E-state index in [1.165, 1.54) is 6.21 Å². The van der Waals surface area contributed by atoms with Crippen LogP contribution in [0, 0.1) is 0 Å². The zero-order valence-corrected chi connectivity index (χ0v) is 24.7. The van der Waals surface area contributed by atoms with Gasteiger partial charge in [-0.2, -0.15) is 5.10 Å². The third-order valence-corrected chi connectivity index (χ3v) is 6.87. The molecule has 2 amide bonds. The smallest absolute Gasteiger partial charge is 0.273 e. The van der Waals surface area contributed by atoms with Gasteiger partial charge in [0, 0.05) is 23.1 Å². The van der Waals surface area contributed by atoms with Crippen molar-refractivity contribution < 1.29 is 24.5 Å². The Morgan fingerprint density at radius 1 is 1.00 bits per heavy atom. The lowest BCUT2D eigenvalue weighted by atomic mass is 10.1. The molecule has 1 atom stereocenters. The standard InChI is InChI=1S/C32H31BrN4O5/c1-37(20-30(39)23-10-13-26(38)14-11-23)19-21-6-8-24(9-7-21)31(40)35-29-15-12-25(33)17-28(29)32(41)36-34-18-22-4-3-5-27(16-22)42-2/h3-18,30,38-39H,19-20H2,1-2H3,(H,35,40)(H,36,41)/b34-18+. The minimum atomic E-state index is -0.703. The summed E-state index contributed by atoms with van der Waals surface area (Å²) in [5.74, 6) is -0.0306. The van der Waals surface area contributed by atoms with Crippen molar-refractivity contribution in [1.29, 1.82) is 0 Å². The van der Waals surface area contributed by atoms with E-state index in [1.807, 2.05) is 42.3 Å². The van der Waals surface area contributed by atoms with Crippen LogP contribution >= 0.6 is 15.9 Å². The lowest BCUT2D eigenvalue weighted by Crippen LogP contribution is -2.24. The Labute approximate surface area is 252 Å². The first-order valence-corrected chi connectivity index (χ1v) is 13.8. The van der Waals surface area contributed by atoms with Gasteiger partial charge in [-0.05, 0) is 78.3 Å². The van der Waals surface area contributed by atoms with E-state index in [4.69, 9.17) is 4.74 Å². The molecular formula is C32H31BrN4O5. The number of ether oxygens (including phenoxy) is 1. The summed E-state index contributed by atoms with van der Waals surface area (Å²) in [5, 5.41) is 26.8. The number of phenols is 1. The van der Waals surface area contributed by atoms with Gasteiger partial charge in [0.2, 0.25) is 0 Å². The van der Waals surface area contributed by atoms with Crippen molar-refractivity contribution in [2.75, 3.05) is 26.0 Å². The highest BCUT2D eigenvalue weighted by molar-refractivity contribution is 9.10. The predicted molar refractivity (Wildman–Crippen MR) is 166 cm³/mol. The number of aliphatic hydroxyl groups excluding tert-OH is 1. The van der Waals surface area contributed by atoms with Crippen molar-refractivity contribution in [2.45, 2.75) is 12.6 Å². The first kappa shape index (κ1) is 30.4. The number of amides is 2. The monoisotopic (exact) mass is 630 g/mol. The summed E-state index contributed by atoms with van der Waals surface area (Å²) in [6, 6.07) is 25.8. The third-order valence-electron chi connectivity index (χ3n) is 6.38. The molecule has 4 N–H and O–H groups in total. The van der Waals surface area contributed by atoms with Gasteiger partial charge in [0.15, 0.2) is 0 Å². The van der Waals surface area contributed by atoms with Crippen LogP contribution in [0.4, 0.5) is 5.69 Å². The Hall–Kier alpha value is -4.51. The Kier molecular flexibility index (Phi) is 10.4. The summed E-state index contributed by atoms with van der Waals surface area (Å²) in [6.45, 7) is 0.954. The van der Waals surface area contributed by atoms with Gasteiger partial charge in [-0.1, -0.05) is 52.3 Å². The van der Waals surface area contributed by atoms with E-state index >= 15 is 0 Å². The highest BCUT2D eigenvalue weighted by atomic mass is 79.9. The first-order chi connectivity index (χ1) is 20.2. The molecule has 1 unspecified atom stereocenters. The molecule has 4 rings (SSSR count). The number of carbonyl (C=O) groups is 2. The summed E-state index contributed by atoms with van der Waals surface area (Å²) in [5.41, 5.74) is 5.94. The van der Waals surface area contributed by atoms with Crippen molar-refractivity contribution in [2.24, 2.45) is 5.10 Å². The maximum Gasteiger partial charge on any atom is 0.273 e. The van der Waals surface area contributed by atoms with Gasteiger partial charge in [0.1, 0.15) is 11.5 Å². The largest absolute Gasteiger partial charge is 0.508 e. The van der Waals surface area contributed by atoms with Crippen molar-refractivity contribution in [3.05, 3.63) is 123 Å². The Balaban J connectivity index is 1.36. The highest BCUT2D eigenvalue weighted by Crippen LogP contribution is 2.23. The molecule has 0 fully saturated rings. The maximum absolute atomic E-state index is 13.0. The van der Waals surface area contributed by atoms with Crippen molar-refractivity contribution >= 4 is 39.6 Å². The Bertz CT molecular complexity index is 1560. The van der Waals surface area contributed by atoms with E-state index < -0.39 is 12.0 Å². The number of likely N-dealkylation sites (N-methyl/N-ethyl adjacent to an activating group) is 1. The van der Waals surface area contributed by atoms with E-state index in [1.54, 1.807) is 67.8 Å². The molecule has 0 spiro atoms. The highest BCUT2D eigenvalue weighted by Gasteiger charge is 2.16. The van der Waals surface area contributed by atoms with Gasteiger partial charge in [-0.25, -0.2) is 5.43 Å². The molecule has 0 radical (unpaired) electrons. The molecule has 42 heavy (non-hydrogen) atoms. The lowest BCUT2D eigenvalue weighted by Gasteiger charge is -2.21. The van der Waals surface area contributed by atoms with Crippen LogP contribution in [0.1, 0.15) is 43.5 Å². The molecule has 0 bridgehead atoms. The van der Waals surface area contributed by atoms with Gasteiger partial charge >= 0.3 is 0 Å². The number of hydrogen-bond acceptors (Lipinski definition) is 7. The lowest BCUT2D eigenvalue weighted by molar-refractivity contribution is 0.0956. The van der Waals surface area contributed by atoms with Crippen LogP contribution in [0.15, 0.2) is 101 Å². The fourth-order valence-corrected chi connectivity index (χ4v) is 4.55. The van der Waals surface area contributed by atoms with Crippen molar-refractivity contribution in [1.82, 2.24) is 10.3 Å². The average molecular weight is 632 g/mol. The zero-order chi connectivity index (χ0) is 30.1. The maximum atomic E-state index is 13.0. The molecule has 0 aliphatic carbocycles. The Morgan fingerprint density at radius 2 is 1.74 bits per heavy atom. The molecule has 0 aliphatic rings. The van der Waals surface area contributed by atoms with Crippen molar-refractivity contribution in [3.8, 4) is 11.5 Å². The molecular weight excluding hydrogens is 600 g/mol. The van der Waals surface area contributed by atoms with Gasteiger partial charge in [-0.3, -0.25) is 14.5 Å². The van der Waals surface area contributed by atoms with Crippen LogP contribution in [0.3, 0.4) is 0 Å². The second-order valence-corrected chi connectivity index (χ2v) is 10.5. The van der Waals surface area contributed by atoms with Crippen LogP contribution in [0.5, 0.6) is 11.5 Å². The van der Waals surface area contributed by atoms with Crippen LogP contribution in [0.25, 0.3) is 0 Å². The number of anilines is 1. The van der Waals surface area contributed by atoms with Crippen LogP contribution in [-0.2, 0) is 6.54 Å². The molecule has 0 heterocycles. The van der Waals surface area contributed by atoms with Gasteiger partial charge in [0.05, 0.1) is 30.7 Å². The summed E-state index contributed by atoms with van der Waals surface area (Å²) >= 11 is 3.38. The van der Waals surface area contributed by atoms with Crippen LogP contribution in [-0.4, -0.2) is 53.8 Å². The van der Waals surface area contributed by atoms with Gasteiger partial charge < -0.3 is 20.3 Å². The zero-order valence-electron chi connectivity index (χ0n) is 23.1. The van der Waals surface area contributed by atoms with Gasteiger partial charge in [-0.15, -0.1) is 0 Å². The van der Waals surface area contributed by atoms with E-state index in [-0.39, 0.29) is 17.2 Å². The number of methoxy groups -OCH3 is 1. The summed E-state index contributed by atoms with van der Waals surface area (Å²) in [7, 11) is 3.47. The number of hydrogen-bond donors (Lipinski definition) is 4. The summed E-state index contributed by atoms with van der Waals surface area (Å²) in [4.78, 5) is 27.9. The van der Waals surface area contributed by atoms with Crippen LogP contribution in [0.2, 0.25) is 0 Å². The number of rotatable bonds is 11. The SMILES string of the molecule is COc1cccc(/C=N/NC(=O)c2cc(Br)ccc2NC(=O)c2ccc(CN(C)CC(O)c3ccc(O)cc3)cc2)c1. The molecule has 10 heteroatoms. The predicted octanol–water partition coefficient (Wildman–Crippen LogP) is 5.34. The Morgan fingerprint density at radius 3 is 2.45 bits per heavy atom. The second-order valence-electron chi connectivity index (χ2n) is 9.62. The number of phenolic OH excluding ortho intramolecular Hbond substituents is 1. The number of aliphatic hydroxyl groups is 1. The minimum absolute atomic E-state index is 0.151. The second kappa shape index (κ2) is 14.4. The van der Waals surface area contributed by atoms with Crippen LogP contribution < -0.4 is 15.5 Å². The molecule has 9 nitrogen and oxygen atoms in total. The quantitative estimate of drug-likeness (QED) is 0.131. The number of benzene rings is 4. The van der Waals surface area contributed by atoms with Gasteiger partial charge in [0.25, 0.3) is 11.8 Å². The number of nitrogens with zero attached hydrogens (tertiary/aromatic N) is 2. The fourth-order valence-electron chi connectivity index (χ4n) is 4.19. The molecule has 216 valence electrons. The molecule has 0 aromatic heterocycles. The topological polar surface area (TPSA) is 123 Å².